The maximum absolute atomic E-state index is 11.7. The molecule has 0 radical (unpaired) electrons. The van der Waals surface area contributed by atoms with Crippen LogP contribution in [0.5, 0.6) is 5.75 Å². The fourth-order valence-electron chi connectivity index (χ4n) is 1.59. The molecule has 0 unspecified atom stereocenters. The number of hydrogen-bond acceptors (Lipinski definition) is 4. The van der Waals surface area contributed by atoms with Gasteiger partial charge in [0.2, 0.25) is 0 Å². The van der Waals surface area contributed by atoms with Crippen LogP contribution in [-0.2, 0) is 15.3 Å². The van der Waals surface area contributed by atoms with E-state index >= 15 is 0 Å². The summed E-state index contributed by atoms with van der Waals surface area (Å²) in [7, 11) is -3.39. The number of rotatable bonds is 3. The zero-order valence-electron chi connectivity index (χ0n) is 10.5. The molecule has 0 saturated carbocycles. The molecular weight excluding hydrogens is 240 g/mol. The molecule has 0 aromatic heterocycles. The highest BCUT2D eigenvalue weighted by Crippen LogP contribution is 2.33. The summed E-state index contributed by atoms with van der Waals surface area (Å²) < 4.78 is 23.4. The van der Waals surface area contributed by atoms with Crippen LogP contribution in [-0.4, -0.2) is 31.5 Å². The molecule has 0 bridgehead atoms. The fourth-order valence-corrected chi connectivity index (χ4v) is 2.72. The van der Waals surface area contributed by atoms with Crippen molar-refractivity contribution in [1.29, 1.82) is 0 Å². The number of aromatic hydroxyl groups is 1. The van der Waals surface area contributed by atoms with E-state index in [-0.39, 0.29) is 17.3 Å². The summed E-state index contributed by atoms with van der Waals surface area (Å²) in [5.41, 5.74) is 0.220. The van der Waals surface area contributed by atoms with Gasteiger partial charge in [-0.3, -0.25) is 0 Å². The topological polar surface area (TPSA) is 74.6 Å². The van der Waals surface area contributed by atoms with E-state index in [0.29, 0.717) is 11.1 Å². The summed E-state index contributed by atoms with van der Waals surface area (Å²) in [6.45, 7) is 4.90. The monoisotopic (exact) mass is 258 g/mol. The van der Waals surface area contributed by atoms with Crippen molar-refractivity contribution in [3.05, 3.63) is 23.3 Å². The number of benzene rings is 1. The molecule has 0 amide bonds. The Hall–Kier alpha value is -1.07. The quantitative estimate of drug-likeness (QED) is 0.858. The van der Waals surface area contributed by atoms with Gasteiger partial charge in [-0.15, -0.1) is 0 Å². The van der Waals surface area contributed by atoms with Gasteiger partial charge in [-0.25, -0.2) is 8.42 Å². The fraction of sp³-hybridized carbons (Fsp3) is 0.500. The van der Waals surface area contributed by atoms with Crippen LogP contribution in [0.1, 0.15) is 25.0 Å². The first-order valence-corrected chi connectivity index (χ1v) is 7.14. The number of aliphatic hydroxyl groups is 1. The highest BCUT2D eigenvalue weighted by molar-refractivity contribution is 7.90. The van der Waals surface area contributed by atoms with Gasteiger partial charge in [0.15, 0.2) is 9.84 Å². The maximum Gasteiger partial charge on any atom is 0.175 e. The van der Waals surface area contributed by atoms with Gasteiger partial charge in [0, 0.05) is 11.7 Å². The van der Waals surface area contributed by atoms with E-state index in [9.17, 15) is 18.6 Å². The zero-order valence-corrected chi connectivity index (χ0v) is 11.3. The van der Waals surface area contributed by atoms with Gasteiger partial charge in [-0.05, 0) is 30.2 Å². The normalized spacial score (nSPS) is 12.8. The first-order chi connectivity index (χ1) is 7.59. The van der Waals surface area contributed by atoms with Crippen molar-refractivity contribution in [1.82, 2.24) is 0 Å². The molecule has 0 spiro atoms. The predicted octanol–water partition coefficient (Wildman–Crippen LogP) is 1.37. The van der Waals surface area contributed by atoms with E-state index in [4.69, 9.17) is 0 Å². The number of phenolic OH excluding ortho intramolecular Hbond substituents is 1. The van der Waals surface area contributed by atoms with Gasteiger partial charge in [0.05, 0.1) is 11.5 Å². The van der Waals surface area contributed by atoms with Crippen LogP contribution in [0.4, 0.5) is 0 Å². The second-order valence-electron chi connectivity index (χ2n) is 4.95. The lowest BCUT2D eigenvalue weighted by Crippen LogP contribution is -2.25. The van der Waals surface area contributed by atoms with Crippen LogP contribution in [0.15, 0.2) is 17.0 Å². The second kappa shape index (κ2) is 4.31. The Morgan fingerprint density at radius 1 is 1.29 bits per heavy atom. The molecular formula is C12H18O4S. The molecule has 17 heavy (non-hydrogen) atoms. The molecule has 0 aliphatic rings. The summed E-state index contributed by atoms with van der Waals surface area (Å²) in [5, 5.41) is 19.0. The summed E-state index contributed by atoms with van der Waals surface area (Å²) in [5.74, 6) is 0.0360. The van der Waals surface area contributed by atoms with Crippen molar-refractivity contribution in [2.24, 2.45) is 0 Å². The highest BCUT2D eigenvalue weighted by atomic mass is 32.2. The Morgan fingerprint density at radius 2 is 1.82 bits per heavy atom. The van der Waals surface area contributed by atoms with E-state index < -0.39 is 15.3 Å². The number of hydrogen-bond donors (Lipinski definition) is 2. The van der Waals surface area contributed by atoms with Gasteiger partial charge in [-0.1, -0.05) is 13.8 Å². The van der Waals surface area contributed by atoms with Crippen molar-refractivity contribution in [2.75, 3.05) is 12.9 Å². The molecule has 0 saturated heterocycles. The van der Waals surface area contributed by atoms with Gasteiger partial charge >= 0.3 is 0 Å². The minimum atomic E-state index is -3.39. The van der Waals surface area contributed by atoms with Gasteiger partial charge in [-0.2, -0.15) is 0 Å². The average molecular weight is 258 g/mol. The highest BCUT2D eigenvalue weighted by Gasteiger charge is 2.27. The van der Waals surface area contributed by atoms with Crippen molar-refractivity contribution in [3.63, 3.8) is 0 Å². The Balaban J connectivity index is 3.65. The zero-order chi connectivity index (χ0) is 13.4. The molecule has 96 valence electrons. The third-order valence-corrected chi connectivity index (χ3v) is 3.96. The third-order valence-electron chi connectivity index (χ3n) is 2.82. The molecule has 1 aromatic carbocycles. The van der Waals surface area contributed by atoms with Crippen LogP contribution >= 0.6 is 0 Å². The lowest BCUT2D eigenvalue weighted by Gasteiger charge is -2.25. The summed E-state index contributed by atoms with van der Waals surface area (Å²) in [4.78, 5) is 0.159. The minimum absolute atomic E-state index is 0.0360. The summed E-state index contributed by atoms with van der Waals surface area (Å²) in [6, 6.07) is 2.86. The number of sulfone groups is 1. The standard InChI is InChI=1S/C12H18O4S/c1-8-5-11(17(4,15)16)9(6-10(8)14)12(2,3)7-13/h5-6,13-14H,7H2,1-4H3. The van der Waals surface area contributed by atoms with E-state index in [1.54, 1.807) is 20.8 Å². The summed E-state index contributed by atoms with van der Waals surface area (Å²) >= 11 is 0. The van der Waals surface area contributed by atoms with Gasteiger partial charge < -0.3 is 10.2 Å². The van der Waals surface area contributed by atoms with E-state index in [2.05, 4.69) is 0 Å². The maximum atomic E-state index is 11.7. The minimum Gasteiger partial charge on any atom is -0.508 e. The van der Waals surface area contributed by atoms with Gasteiger partial charge in [0.1, 0.15) is 5.75 Å². The Morgan fingerprint density at radius 3 is 2.24 bits per heavy atom. The SMILES string of the molecule is Cc1cc(S(C)(=O)=O)c(C(C)(C)CO)cc1O. The van der Waals surface area contributed by atoms with Crippen molar-refractivity contribution >= 4 is 9.84 Å². The van der Waals surface area contributed by atoms with Gasteiger partial charge in [0.25, 0.3) is 0 Å². The lowest BCUT2D eigenvalue weighted by atomic mass is 9.85. The molecule has 0 fully saturated rings. The third kappa shape index (κ3) is 2.79. The summed E-state index contributed by atoms with van der Waals surface area (Å²) in [6.07, 6.45) is 1.12. The van der Waals surface area contributed by atoms with Crippen LogP contribution in [0.2, 0.25) is 0 Å². The predicted molar refractivity (Wildman–Crippen MR) is 66.1 cm³/mol. The van der Waals surface area contributed by atoms with E-state index in [1.807, 2.05) is 0 Å². The van der Waals surface area contributed by atoms with Crippen LogP contribution in [0.3, 0.4) is 0 Å². The Labute approximate surface area is 102 Å². The average Bonchev–Trinajstić information content (AvgIpc) is 2.19. The first-order valence-electron chi connectivity index (χ1n) is 5.24. The van der Waals surface area contributed by atoms with Crippen molar-refractivity contribution in [2.45, 2.75) is 31.1 Å². The second-order valence-corrected chi connectivity index (χ2v) is 6.93. The number of aliphatic hydroxyl groups excluding tert-OH is 1. The molecule has 0 atom stereocenters. The molecule has 0 heterocycles. The van der Waals surface area contributed by atoms with Crippen LogP contribution in [0, 0.1) is 6.92 Å². The molecule has 0 aliphatic carbocycles. The molecule has 2 N–H and O–H groups in total. The molecule has 5 heteroatoms. The molecule has 1 rings (SSSR count). The molecule has 0 aliphatic heterocycles. The van der Waals surface area contributed by atoms with Crippen molar-refractivity contribution < 1.29 is 18.6 Å². The van der Waals surface area contributed by atoms with Crippen LogP contribution < -0.4 is 0 Å². The largest absolute Gasteiger partial charge is 0.508 e. The lowest BCUT2D eigenvalue weighted by molar-refractivity contribution is 0.216. The Bertz CT molecular complexity index is 530. The van der Waals surface area contributed by atoms with E-state index in [0.717, 1.165) is 6.26 Å². The number of phenols is 1. The first kappa shape index (κ1) is 14.0. The van der Waals surface area contributed by atoms with Crippen LogP contribution in [0.25, 0.3) is 0 Å². The number of aryl methyl sites for hydroxylation is 1. The molecule has 4 nitrogen and oxygen atoms in total. The van der Waals surface area contributed by atoms with Crippen molar-refractivity contribution in [3.8, 4) is 5.75 Å². The molecule has 1 aromatic rings. The van der Waals surface area contributed by atoms with E-state index in [1.165, 1.54) is 12.1 Å². The Kier molecular flexibility index (Phi) is 3.55. The smallest absolute Gasteiger partial charge is 0.175 e.